The molecule has 0 aliphatic carbocycles. The van der Waals surface area contributed by atoms with Gasteiger partial charge in [0, 0.05) is 6.54 Å². The van der Waals surface area contributed by atoms with Crippen molar-refractivity contribution < 1.29 is 14.3 Å². The van der Waals surface area contributed by atoms with Crippen LogP contribution in [0.3, 0.4) is 0 Å². The Kier molecular flexibility index (Phi) is 6.12. The van der Waals surface area contributed by atoms with Gasteiger partial charge in [0.2, 0.25) is 11.8 Å². The number of amides is 1. The van der Waals surface area contributed by atoms with Crippen molar-refractivity contribution in [2.24, 2.45) is 0 Å². The molecule has 1 amide bonds. The SMILES string of the molecule is C=CC(=O)N1CCC[C@H](Oc2ncnc(N)c2-c2ccc(Oc3ccccc3)cc2)C1. The van der Waals surface area contributed by atoms with Crippen LogP contribution in [0.2, 0.25) is 0 Å². The van der Waals surface area contributed by atoms with Crippen molar-refractivity contribution in [2.45, 2.75) is 18.9 Å². The summed E-state index contributed by atoms with van der Waals surface area (Å²) in [6.45, 7) is 4.75. The standard InChI is InChI=1S/C24H24N4O3/c1-2-21(29)28-14-6-9-20(15-28)31-24-22(23(25)26-16-27-24)17-10-12-19(13-11-17)30-18-7-4-3-5-8-18/h2-5,7-8,10-13,16,20H,1,6,9,14-15H2,(H2,25,26,27)/t20-/m0/s1. The molecule has 0 saturated carbocycles. The summed E-state index contributed by atoms with van der Waals surface area (Å²) in [5, 5.41) is 0. The van der Waals surface area contributed by atoms with Crippen LogP contribution < -0.4 is 15.2 Å². The van der Waals surface area contributed by atoms with Gasteiger partial charge in [0.1, 0.15) is 29.7 Å². The molecule has 0 bridgehead atoms. The lowest BCUT2D eigenvalue weighted by atomic mass is 10.1. The average molecular weight is 416 g/mol. The van der Waals surface area contributed by atoms with Gasteiger partial charge in [-0.3, -0.25) is 4.79 Å². The number of anilines is 1. The first kappa shape index (κ1) is 20.4. The molecular formula is C24H24N4O3. The first-order valence-electron chi connectivity index (χ1n) is 10.2. The van der Waals surface area contributed by atoms with Gasteiger partial charge in [-0.15, -0.1) is 0 Å². The number of carbonyl (C=O) groups excluding carboxylic acids is 1. The zero-order chi connectivity index (χ0) is 21.6. The maximum absolute atomic E-state index is 12.0. The summed E-state index contributed by atoms with van der Waals surface area (Å²) in [5.74, 6) is 2.11. The molecule has 0 spiro atoms. The van der Waals surface area contributed by atoms with Gasteiger partial charge in [-0.1, -0.05) is 36.9 Å². The first-order valence-corrected chi connectivity index (χ1v) is 10.2. The number of aromatic nitrogens is 2. The lowest BCUT2D eigenvalue weighted by molar-refractivity contribution is -0.128. The molecule has 1 fully saturated rings. The van der Waals surface area contributed by atoms with Gasteiger partial charge in [-0.25, -0.2) is 9.97 Å². The third kappa shape index (κ3) is 4.83. The number of para-hydroxylation sites is 1. The van der Waals surface area contributed by atoms with E-state index in [4.69, 9.17) is 15.2 Å². The predicted molar refractivity (Wildman–Crippen MR) is 119 cm³/mol. The minimum atomic E-state index is -0.175. The molecule has 1 aliphatic heterocycles. The van der Waals surface area contributed by atoms with E-state index in [1.165, 1.54) is 12.4 Å². The summed E-state index contributed by atoms with van der Waals surface area (Å²) >= 11 is 0. The molecule has 3 aromatic rings. The second-order valence-corrected chi connectivity index (χ2v) is 7.25. The number of hydrogen-bond acceptors (Lipinski definition) is 6. The van der Waals surface area contributed by atoms with E-state index in [0.29, 0.717) is 36.1 Å². The minimum absolute atomic E-state index is 0.0928. The Bertz CT molecular complexity index is 1050. The normalized spacial score (nSPS) is 15.9. The fourth-order valence-corrected chi connectivity index (χ4v) is 3.58. The molecule has 1 atom stereocenters. The monoisotopic (exact) mass is 416 g/mol. The first-order chi connectivity index (χ1) is 15.1. The van der Waals surface area contributed by atoms with Crippen LogP contribution >= 0.6 is 0 Å². The van der Waals surface area contributed by atoms with E-state index in [-0.39, 0.29) is 12.0 Å². The van der Waals surface area contributed by atoms with E-state index in [2.05, 4.69) is 16.5 Å². The van der Waals surface area contributed by atoms with Gasteiger partial charge in [0.25, 0.3) is 0 Å². The van der Waals surface area contributed by atoms with Crippen LogP contribution in [0, 0.1) is 0 Å². The third-order valence-electron chi connectivity index (χ3n) is 5.11. The Labute approximate surface area is 181 Å². The van der Waals surface area contributed by atoms with Crippen molar-refractivity contribution >= 4 is 11.7 Å². The zero-order valence-corrected chi connectivity index (χ0v) is 17.1. The van der Waals surface area contributed by atoms with Gasteiger partial charge in [-0.2, -0.15) is 0 Å². The summed E-state index contributed by atoms with van der Waals surface area (Å²) in [6, 6.07) is 17.1. The molecule has 2 heterocycles. The van der Waals surface area contributed by atoms with Gasteiger partial charge >= 0.3 is 0 Å². The van der Waals surface area contributed by atoms with Crippen LogP contribution in [0.5, 0.6) is 17.4 Å². The minimum Gasteiger partial charge on any atom is -0.472 e. The molecule has 1 aromatic heterocycles. The molecule has 2 aromatic carbocycles. The zero-order valence-electron chi connectivity index (χ0n) is 17.1. The van der Waals surface area contributed by atoms with E-state index in [0.717, 1.165) is 24.2 Å². The van der Waals surface area contributed by atoms with E-state index in [1.807, 2.05) is 54.6 Å². The molecule has 4 rings (SSSR count). The van der Waals surface area contributed by atoms with Crippen molar-refractivity contribution in [2.75, 3.05) is 18.8 Å². The number of nitrogens with two attached hydrogens (primary N) is 1. The van der Waals surface area contributed by atoms with Crippen LogP contribution in [0.1, 0.15) is 12.8 Å². The lowest BCUT2D eigenvalue weighted by Crippen LogP contribution is -2.43. The number of benzene rings is 2. The Balaban J connectivity index is 1.54. The van der Waals surface area contributed by atoms with E-state index < -0.39 is 0 Å². The van der Waals surface area contributed by atoms with Gasteiger partial charge in [0.15, 0.2) is 0 Å². The smallest absolute Gasteiger partial charge is 0.246 e. The average Bonchev–Trinajstić information content (AvgIpc) is 2.80. The van der Waals surface area contributed by atoms with Gasteiger partial charge in [0.05, 0.1) is 12.1 Å². The van der Waals surface area contributed by atoms with Crippen molar-refractivity contribution in [1.82, 2.24) is 14.9 Å². The second-order valence-electron chi connectivity index (χ2n) is 7.25. The number of ether oxygens (including phenoxy) is 2. The number of hydrogen-bond donors (Lipinski definition) is 1. The number of rotatable bonds is 6. The Morgan fingerprint density at radius 1 is 1.10 bits per heavy atom. The number of nitrogens with zero attached hydrogens (tertiary/aromatic N) is 3. The molecular weight excluding hydrogens is 392 g/mol. The molecule has 1 saturated heterocycles. The van der Waals surface area contributed by atoms with Crippen molar-refractivity contribution in [3.8, 4) is 28.5 Å². The molecule has 0 radical (unpaired) electrons. The third-order valence-corrected chi connectivity index (χ3v) is 5.11. The lowest BCUT2D eigenvalue weighted by Gasteiger charge is -2.32. The number of likely N-dealkylation sites (tertiary alicyclic amines) is 1. The Morgan fingerprint density at radius 2 is 1.84 bits per heavy atom. The topological polar surface area (TPSA) is 90.6 Å². The quantitative estimate of drug-likeness (QED) is 0.609. The van der Waals surface area contributed by atoms with E-state index in [9.17, 15) is 4.79 Å². The van der Waals surface area contributed by atoms with E-state index in [1.54, 1.807) is 4.90 Å². The molecule has 158 valence electrons. The molecule has 7 heteroatoms. The van der Waals surface area contributed by atoms with Gasteiger partial charge < -0.3 is 20.1 Å². The highest BCUT2D eigenvalue weighted by molar-refractivity contribution is 5.87. The van der Waals surface area contributed by atoms with Crippen LogP contribution in [0.4, 0.5) is 5.82 Å². The molecule has 1 aliphatic rings. The largest absolute Gasteiger partial charge is 0.472 e. The molecule has 2 N–H and O–H groups in total. The molecule has 31 heavy (non-hydrogen) atoms. The number of piperidine rings is 1. The second kappa shape index (κ2) is 9.30. The van der Waals surface area contributed by atoms with Crippen LogP contribution in [0.15, 0.2) is 73.6 Å². The van der Waals surface area contributed by atoms with Crippen LogP contribution in [-0.2, 0) is 4.79 Å². The highest BCUT2D eigenvalue weighted by atomic mass is 16.5. The highest BCUT2D eigenvalue weighted by Crippen LogP contribution is 2.35. The summed E-state index contributed by atoms with van der Waals surface area (Å²) in [7, 11) is 0. The van der Waals surface area contributed by atoms with Crippen molar-refractivity contribution in [3.63, 3.8) is 0 Å². The summed E-state index contributed by atoms with van der Waals surface area (Å²) in [5.41, 5.74) is 7.63. The Morgan fingerprint density at radius 3 is 2.58 bits per heavy atom. The van der Waals surface area contributed by atoms with Crippen molar-refractivity contribution in [3.05, 3.63) is 73.6 Å². The van der Waals surface area contributed by atoms with Crippen molar-refractivity contribution in [1.29, 1.82) is 0 Å². The maximum Gasteiger partial charge on any atom is 0.246 e. The van der Waals surface area contributed by atoms with Crippen LogP contribution in [0.25, 0.3) is 11.1 Å². The van der Waals surface area contributed by atoms with Gasteiger partial charge in [-0.05, 0) is 48.7 Å². The maximum atomic E-state index is 12.0. The highest BCUT2D eigenvalue weighted by Gasteiger charge is 2.25. The number of carbonyl (C=O) groups is 1. The number of nitrogen functional groups attached to an aromatic ring is 1. The molecule has 0 unspecified atom stereocenters. The van der Waals surface area contributed by atoms with E-state index >= 15 is 0 Å². The fourth-order valence-electron chi connectivity index (χ4n) is 3.58. The summed E-state index contributed by atoms with van der Waals surface area (Å²) in [6.07, 6.45) is 4.22. The predicted octanol–water partition coefficient (Wildman–Crippen LogP) is 4.07. The summed E-state index contributed by atoms with van der Waals surface area (Å²) < 4.78 is 12.0. The molecule has 7 nitrogen and oxygen atoms in total. The Hall–Kier alpha value is -3.87. The van der Waals surface area contributed by atoms with Crippen LogP contribution in [-0.4, -0.2) is 40.0 Å². The summed E-state index contributed by atoms with van der Waals surface area (Å²) in [4.78, 5) is 22.2. The fraction of sp³-hybridized carbons (Fsp3) is 0.208.